The van der Waals surface area contributed by atoms with E-state index in [4.69, 9.17) is 4.74 Å². The molecule has 0 atom stereocenters. The molecule has 0 amide bonds. The Morgan fingerprint density at radius 1 is 1.16 bits per heavy atom. The minimum absolute atomic E-state index is 0.0187. The van der Waals surface area contributed by atoms with Crippen LogP contribution < -0.4 is 0 Å². The molecule has 3 rings (SSSR count). The van der Waals surface area contributed by atoms with Gasteiger partial charge in [0.15, 0.2) is 9.84 Å². The van der Waals surface area contributed by atoms with Gasteiger partial charge in [-0.2, -0.15) is 0 Å². The number of thiazole rings is 1. The van der Waals surface area contributed by atoms with Crippen molar-refractivity contribution in [2.24, 2.45) is 0 Å². The first kappa shape index (κ1) is 17.2. The highest BCUT2D eigenvalue weighted by atomic mass is 32.2. The summed E-state index contributed by atoms with van der Waals surface area (Å²) in [6.45, 7) is -0.0414. The Morgan fingerprint density at radius 3 is 2.64 bits per heavy atom. The molecule has 8 heteroatoms. The monoisotopic (exact) mass is 374 g/mol. The third kappa shape index (κ3) is 4.09. The van der Waals surface area contributed by atoms with Gasteiger partial charge in [-0.15, -0.1) is 11.3 Å². The number of ether oxygens (including phenoxy) is 1. The van der Waals surface area contributed by atoms with Crippen LogP contribution in [0, 0.1) is 0 Å². The molecule has 0 aliphatic carbocycles. The van der Waals surface area contributed by atoms with Gasteiger partial charge >= 0.3 is 5.97 Å². The Labute approximate surface area is 149 Å². The lowest BCUT2D eigenvalue weighted by Crippen LogP contribution is -2.11. The molecule has 128 valence electrons. The van der Waals surface area contributed by atoms with Crippen molar-refractivity contribution in [1.29, 1.82) is 0 Å². The number of sulfone groups is 1. The second-order valence-electron chi connectivity index (χ2n) is 5.20. The summed E-state index contributed by atoms with van der Waals surface area (Å²) in [4.78, 5) is 20.8. The molecule has 0 bridgehead atoms. The lowest BCUT2D eigenvalue weighted by molar-refractivity contribution is 0.0464. The zero-order valence-electron chi connectivity index (χ0n) is 13.2. The van der Waals surface area contributed by atoms with Crippen molar-refractivity contribution in [1.82, 2.24) is 9.97 Å². The third-order valence-corrected chi connectivity index (χ3v) is 5.36. The topological polar surface area (TPSA) is 86.2 Å². The van der Waals surface area contributed by atoms with Crippen molar-refractivity contribution in [3.8, 4) is 10.7 Å². The third-order valence-electron chi connectivity index (χ3n) is 3.29. The zero-order valence-corrected chi connectivity index (χ0v) is 14.9. The molecule has 0 radical (unpaired) electrons. The number of rotatable bonds is 5. The predicted octanol–water partition coefficient (Wildman–Crippen LogP) is 2.97. The fourth-order valence-corrected chi connectivity index (χ4v) is 3.81. The molecule has 0 aliphatic heterocycles. The van der Waals surface area contributed by atoms with Crippen LogP contribution in [0.25, 0.3) is 10.7 Å². The van der Waals surface area contributed by atoms with Gasteiger partial charge in [0.25, 0.3) is 0 Å². The van der Waals surface area contributed by atoms with Gasteiger partial charge in [-0.3, -0.25) is 4.98 Å². The van der Waals surface area contributed by atoms with Gasteiger partial charge < -0.3 is 4.74 Å². The van der Waals surface area contributed by atoms with E-state index in [0.29, 0.717) is 5.69 Å². The highest BCUT2D eigenvalue weighted by Crippen LogP contribution is 2.22. The minimum Gasteiger partial charge on any atom is -0.456 e. The number of carbonyl (C=O) groups excluding carboxylic acids is 1. The molecule has 1 aromatic carbocycles. The number of hydrogen-bond donors (Lipinski definition) is 0. The number of hydrogen-bond acceptors (Lipinski definition) is 7. The maximum absolute atomic E-state index is 12.2. The molecule has 6 nitrogen and oxygen atoms in total. The van der Waals surface area contributed by atoms with Crippen molar-refractivity contribution in [3.63, 3.8) is 0 Å². The number of esters is 1. The Balaban J connectivity index is 1.73. The SMILES string of the molecule is CS(=O)(=O)c1ccccc1C(=O)OCc1csc(-c2ccccn2)n1. The number of nitrogens with zero attached hydrogens (tertiary/aromatic N) is 2. The molecule has 0 aliphatic rings. The van der Waals surface area contributed by atoms with Crippen molar-refractivity contribution in [2.75, 3.05) is 6.26 Å². The highest BCUT2D eigenvalue weighted by Gasteiger charge is 2.19. The molecule has 0 spiro atoms. The van der Waals surface area contributed by atoms with Crippen LogP contribution in [-0.2, 0) is 21.2 Å². The zero-order chi connectivity index (χ0) is 17.9. The van der Waals surface area contributed by atoms with E-state index in [-0.39, 0.29) is 17.1 Å². The van der Waals surface area contributed by atoms with Crippen molar-refractivity contribution >= 4 is 27.1 Å². The Bertz CT molecular complexity index is 998. The van der Waals surface area contributed by atoms with Crippen molar-refractivity contribution in [2.45, 2.75) is 11.5 Å². The van der Waals surface area contributed by atoms with Crippen molar-refractivity contribution < 1.29 is 17.9 Å². The van der Waals surface area contributed by atoms with E-state index >= 15 is 0 Å². The van der Waals surface area contributed by atoms with Crippen LogP contribution >= 0.6 is 11.3 Å². The fraction of sp³-hybridized carbons (Fsp3) is 0.118. The molecule has 0 unspecified atom stereocenters. The van der Waals surface area contributed by atoms with Gasteiger partial charge in [-0.05, 0) is 24.3 Å². The first-order valence-electron chi connectivity index (χ1n) is 7.27. The summed E-state index contributed by atoms with van der Waals surface area (Å²) in [7, 11) is -3.52. The van der Waals surface area contributed by atoms with Crippen LogP contribution in [0.1, 0.15) is 16.1 Å². The second kappa shape index (κ2) is 7.12. The van der Waals surface area contributed by atoms with Gasteiger partial charge in [-0.1, -0.05) is 18.2 Å². The molecule has 0 saturated carbocycles. The van der Waals surface area contributed by atoms with Crippen LogP contribution in [0.5, 0.6) is 0 Å². The maximum atomic E-state index is 12.2. The van der Waals surface area contributed by atoms with Crippen LogP contribution in [0.3, 0.4) is 0 Å². The molecular formula is C17H14N2O4S2. The molecule has 25 heavy (non-hydrogen) atoms. The normalized spacial score (nSPS) is 11.2. The second-order valence-corrected chi connectivity index (χ2v) is 8.05. The molecule has 0 N–H and O–H groups in total. The summed E-state index contributed by atoms with van der Waals surface area (Å²) in [6.07, 6.45) is 2.73. The minimum atomic E-state index is -3.52. The lowest BCUT2D eigenvalue weighted by Gasteiger charge is -2.07. The van der Waals surface area contributed by atoms with Gasteiger partial charge in [0.1, 0.15) is 11.6 Å². The average molecular weight is 374 g/mol. The molecule has 3 aromatic rings. The van der Waals surface area contributed by atoms with Gasteiger partial charge in [0.2, 0.25) is 0 Å². The van der Waals surface area contributed by atoms with Crippen LogP contribution in [0.15, 0.2) is 58.9 Å². The molecule has 2 heterocycles. The van der Waals surface area contributed by atoms with E-state index < -0.39 is 15.8 Å². The van der Waals surface area contributed by atoms with Gasteiger partial charge in [-0.25, -0.2) is 18.2 Å². The number of carbonyl (C=O) groups is 1. The summed E-state index contributed by atoms with van der Waals surface area (Å²) in [5.41, 5.74) is 1.34. The summed E-state index contributed by atoms with van der Waals surface area (Å²) in [5.74, 6) is -0.701. The fourth-order valence-electron chi connectivity index (χ4n) is 2.16. The Hall–Kier alpha value is -2.58. The first-order chi connectivity index (χ1) is 11.9. The van der Waals surface area contributed by atoms with Gasteiger partial charge in [0, 0.05) is 17.8 Å². The maximum Gasteiger partial charge on any atom is 0.339 e. The highest BCUT2D eigenvalue weighted by molar-refractivity contribution is 7.90. The Kier molecular flexibility index (Phi) is 4.91. The number of benzene rings is 1. The van der Waals surface area contributed by atoms with E-state index in [2.05, 4.69) is 9.97 Å². The Morgan fingerprint density at radius 2 is 1.92 bits per heavy atom. The number of aromatic nitrogens is 2. The van der Waals surface area contributed by atoms with E-state index in [1.807, 2.05) is 18.2 Å². The van der Waals surface area contributed by atoms with E-state index in [1.165, 1.54) is 23.5 Å². The van der Waals surface area contributed by atoms with Crippen LogP contribution in [0.4, 0.5) is 0 Å². The largest absolute Gasteiger partial charge is 0.456 e. The van der Waals surface area contributed by atoms with Crippen LogP contribution in [0.2, 0.25) is 0 Å². The lowest BCUT2D eigenvalue weighted by atomic mass is 10.2. The number of pyridine rings is 1. The molecule has 0 fully saturated rings. The first-order valence-corrected chi connectivity index (χ1v) is 10.0. The van der Waals surface area contributed by atoms with Gasteiger partial charge in [0.05, 0.1) is 21.8 Å². The summed E-state index contributed by atoms with van der Waals surface area (Å²) < 4.78 is 28.8. The standard InChI is InChI=1S/C17H14N2O4S2/c1-25(21,22)15-8-3-2-6-13(15)17(20)23-10-12-11-24-16(19-12)14-7-4-5-9-18-14/h2-9,11H,10H2,1H3. The molecule has 2 aromatic heterocycles. The summed E-state index contributed by atoms with van der Waals surface area (Å²) in [6, 6.07) is 11.5. The van der Waals surface area contributed by atoms with Crippen LogP contribution in [-0.4, -0.2) is 30.6 Å². The average Bonchev–Trinajstić information content (AvgIpc) is 3.09. The predicted molar refractivity (Wildman–Crippen MR) is 94.0 cm³/mol. The summed E-state index contributed by atoms with van der Waals surface area (Å²) in [5, 5.41) is 2.50. The smallest absolute Gasteiger partial charge is 0.339 e. The van der Waals surface area contributed by atoms with E-state index in [0.717, 1.165) is 17.0 Å². The molecule has 0 saturated heterocycles. The quantitative estimate of drug-likeness (QED) is 0.638. The van der Waals surface area contributed by atoms with Crippen molar-refractivity contribution in [3.05, 3.63) is 65.3 Å². The summed E-state index contributed by atoms with van der Waals surface area (Å²) >= 11 is 1.40. The van der Waals surface area contributed by atoms with E-state index in [9.17, 15) is 13.2 Å². The van der Waals surface area contributed by atoms with E-state index in [1.54, 1.807) is 23.7 Å². The molecular weight excluding hydrogens is 360 g/mol.